The van der Waals surface area contributed by atoms with Crippen molar-refractivity contribution in [3.63, 3.8) is 0 Å². The number of hydrogen-bond acceptors (Lipinski definition) is 3. The molecule has 1 atom stereocenters. The van der Waals surface area contributed by atoms with E-state index in [4.69, 9.17) is 0 Å². The molecule has 0 saturated carbocycles. The molecule has 0 spiro atoms. The van der Waals surface area contributed by atoms with Crippen LogP contribution in [0.2, 0.25) is 0 Å². The van der Waals surface area contributed by atoms with Crippen molar-refractivity contribution in [2.45, 2.75) is 35.2 Å². The molecule has 3 rings (SSSR count). The van der Waals surface area contributed by atoms with E-state index >= 15 is 0 Å². The Balaban J connectivity index is 1.73. The average Bonchev–Trinajstić information content (AvgIpc) is 2.56. The second-order valence-electron chi connectivity index (χ2n) is 5.20. The van der Waals surface area contributed by atoms with Gasteiger partial charge in [0.25, 0.3) is 0 Å². The Bertz CT molecular complexity index is 585. The van der Waals surface area contributed by atoms with E-state index in [0.29, 0.717) is 0 Å². The second kappa shape index (κ2) is 6.76. The van der Waals surface area contributed by atoms with Crippen molar-refractivity contribution in [2.75, 3.05) is 6.54 Å². The van der Waals surface area contributed by atoms with Gasteiger partial charge in [0, 0.05) is 17.6 Å². The summed E-state index contributed by atoms with van der Waals surface area (Å²) >= 11 is 1.66. The molecule has 4 heteroatoms. The normalized spacial score (nSPS) is 18.5. The Morgan fingerprint density at radius 3 is 2.71 bits per heavy atom. The summed E-state index contributed by atoms with van der Waals surface area (Å²) in [5, 5.41) is 0.985. The first kappa shape index (κ1) is 14.1. The van der Waals surface area contributed by atoms with Crippen LogP contribution < -0.4 is 0 Å². The Kier molecular flexibility index (Phi) is 4.55. The molecule has 1 amide bonds. The van der Waals surface area contributed by atoms with Gasteiger partial charge in [0.2, 0.25) is 6.41 Å². The fraction of sp³-hybridized carbons (Fsp3) is 0.294. The number of pyridine rings is 1. The van der Waals surface area contributed by atoms with E-state index in [1.807, 2.05) is 35.4 Å². The third-order valence-corrected chi connectivity index (χ3v) is 4.75. The molecule has 1 saturated heterocycles. The molecule has 1 fully saturated rings. The largest absolute Gasteiger partial charge is 0.338 e. The van der Waals surface area contributed by atoms with Gasteiger partial charge in [0.05, 0.1) is 6.04 Å². The third-order valence-electron chi connectivity index (χ3n) is 3.79. The molecule has 0 bridgehead atoms. The molecule has 1 aromatic carbocycles. The first-order valence-corrected chi connectivity index (χ1v) is 8.08. The Morgan fingerprint density at radius 2 is 2.00 bits per heavy atom. The molecule has 0 N–H and O–H groups in total. The van der Waals surface area contributed by atoms with E-state index in [0.717, 1.165) is 36.4 Å². The molecule has 0 radical (unpaired) electrons. The highest BCUT2D eigenvalue weighted by Crippen LogP contribution is 2.31. The van der Waals surface area contributed by atoms with E-state index in [1.54, 1.807) is 11.8 Å². The molecule has 3 nitrogen and oxygen atoms in total. The second-order valence-corrected chi connectivity index (χ2v) is 6.29. The average molecular weight is 298 g/mol. The number of aromatic nitrogens is 1. The van der Waals surface area contributed by atoms with Crippen molar-refractivity contribution < 1.29 is 4.79 Å². The van der Waals surface area contributed by atoms with E-state index in [1.165, 1.54) is 11.3 Å². The van der Waals surface area contributed by atoms with Crippen LogP contribution in [0.3, 0.4) is 0 Å². The number of hydrogen-bond donors (Lipinski definition) is 0. The van der Waals surface area contributed by atoms with Crippen LogP contribution in [-0.2, 0) is 4.79 Å². The smallest absolute Gasteiger partial charge is 0.210 e. The zero-order chi connectivity index (χ0) is 14.5. The van der Waals surface area contributed by atoms with Crippen molar-refractivity contribution in [2.24, 2.45) is 0 Å². The summed E-state index contributed by atoms with van der Waals surface area (Å²) in [4.78, 5) is 18.8. The summed E-state index contributed by atoms with van der Waals surface area (Å²) < 4.78 is 0. The van der Waals surface area contributed by atoms with E-state index < -0.39 is 0 Å². The van der Waals surface area contributed by atoms with Crippen molar-refractivity contribution in [1.29, 1.82) is 0 Å². The SMILES string of the molecule is O=CN1CCCC[C@H]1c1ccc(Sc2ccccc2)nc1. The van der Waals surface area contributed by atoms with Crippen LogP contribution in [0.4, 0.5) is 0 Å². The van der Waals surface area contributed by atoms with Crippen molar-refractivity contribution in [3.05, 3.63) is 54.2 Å². The standard InChI is InChI=1S/C17H18N2OS/c20-13-19-11-5-4-8-16(19)14-9-10-17(18-12-14)21-15-6-2-1-3-7-15/h1-3,6-7,9-10,12-13,16H,4-5,8,11H2/t16-/m0/s1. The maximum atomic E-state index is 11.2. The first-order chi connectivity index (χ1) is 10.4. The van der Waals surface area contributed by atoms with Gasteiger partial charge in [-0.05, 0) is 43.0 Å². The molecule has 2 aromatic rings. The van der Waals surface area contributed by atoms with E-state index in [9.17, 15) is 4.79 Å². The lowest BCUT2D eigenvalue weighted by atomic mass is 9.97. The lowest BCUT2D eigenvalue weighted by Gasteiger charge is -2.32. The summed E-state index contributed by atoms with van der Waals surface area (Å²) in [5.41, 5.74) is 1.14. The van der Waals surface area contributed by atoms with Crippen LogP contribution in [0.15, 0.2) is 58.6 Å². The number of likely N-dealkylation sites (tertiary alicyclic amines) is 1. The lowest BCUT2D eigenvalue weighted by molar-refractivity contribution is -0.121. The number of rotatable bonds is 4. The zero-order valence-corrected chi connectivity index (χ0v) is 12.6. The number of amides is 1. The fourth-order valence-electron chi connectivity index (χ4n) is 2.70. The van der Waals surface area contributed by atoms with Crippen molar-refractivity contribution in [1.82, 2.24) is 9.88 Å². The zero-order valence-electron chi connectivity index (χ0n) is 11.8. The molecule has 108 valence electrons. The number of carbonyl (C=O) groups excluding carboxylic acids is 1. The van der Waals surface area contributed by atoms with Crippen LogP contribution in [0.5, 0.6) is 0 Å². The van der Waals surface area contributed by atoms with Gasteiger partial charge in [0.15, 0.2) is 0 Å². The topological polar surface area (TPSA) is 33.2 Å². The number of benzene rings is 1. The maximum absolute atomic E-state index is 11.2. The molecular formula is C17H18N2OS. The van der Waals surface area contributed by atoms with Crippen LogP contribution in [0.25, 0.3) is 0 Å². The summed E-state index contributed by atoms with van der Waals surface area (Å²) in [7, 11) is 0. The van der Waals surface area contributed by atoms with Crippen LogP contribution in [0, 0.1) is 0 Å². The van der Waals surface area contributed by atoms with Crippen LogP contribution in [-0.4, -0.2) is 22.8 Å². The number of nitrogens with zero attached hydrogens (tertiary/aromatic N) is 2. The van der Waals surface area contributed by atoms with Gasteiger partial charge in [-0.15, -0.1) is 0 Å². The van der Waals surface area contributed by atoms with Crippen LogP contribution >= 0.6 is 11.8 Å². The Labute approximate surface area is 129 Å². The molecule has 0 unspecified atom stereocenters. The lowest BCUT2D eigenvalue weighted by Crippen LogP contribution is -2.32. The molecule has 2 heterocycles. The number of piperidine rings is 1. The molecule has 21 heavy (non-hydrogen) atoms. The first-order valence-electron chi connectivity index (χ1n) is 7.27. The van der Waals surface area contributed by atoms with Crippen LogP contribution in [0.1, 0.15) is 30.9 Å². The molecule has 1 aliphatic heterocycles. The molecule has 0 aliphatic carbocycles. The van der Waals surface area contributed by atoms with Crippen molar-refractivity contribution in [3.8, 4) is 0 Å². The van der Waals surface area contributed by atoms with Gasteiger partial charge in [-0.3, -0.25) is 4.79 Å². The summed E-state index contributed by atoms with van der Waals surface area (Å²) in [6.07, 6.45) is 6.19. The Hall–Kier alpha value is -1.81. The van der Waals surface area contributed by atoms with Gasteiger partial charge in [0.1, 0.15) is 5.03 Å². The Morgan fingerprint density at radius 1 is 1.14 bits per heavy atom. The predicted octanol–water partition coefficient (Wildman–Crippen LogP) is 3.92. The molecule has 1 aromatic heterocycles. The fourth-order valence-corrected chi connectivity index (χ4v) is 3.47. The highest BCUT2D eigenvalue weighted by molar-refractivity contribution is 7.99. The summed E-state index contributed by atoms with van der Waals surface area (Å²) in [6, 6.07) is 14.6. The monoisotopic (exact) mass is 298 g/mol. The van der Waals surface area contributed by atoms with Gasteiger partial charge < -0.3 is 4.90 Å². The van der Waals surface area contributed by atoms with Gasteiger partial charge in [-0.1, -0.05) is 36.0 Å². The van der Waals surface area contributed by atoms with Gasteiger partial charge in [-0.2, -0.15) is 0 Å². The quantitative estimate of drug-likeness (QED) is 0.802. The highest BCUT2D eigenvalue weighted by Gasteiger charge is 2.22. The van der Waals surface area contributed by atoms with Gasteiger partial charge in [-0.25, -0.2) is 4.98 Å². The van der Waals surface area contributed by atoms with E-state index in [2.05, 4.69) is 23.2 Å². The minimum absolute atomic E-state index is 0.194. The minimum Gasteiger partial charge on any atom is -0.338 e. The highest BCUT2D eigenvalue weighted by atomic mass is 32.2. The number of carbonyl (C=O) groups is 1. The molecular weight excluding hydrogens is 280 g/mol. The van der Waals surface area contributed by atoms with Crippen molar-refractivity contribution >= 4 is 18.2 Å². The van der Waals surface area contributed by atoms with Gasteiger partial charge >= 0.3 is 0 Å². The van der Waals surface area contributed by atoms with E-state index in [-0.39, 0.29) is 6.04 Å². The third kappa shape index (κ3) is 3.45. The molecule has 1 aliphatic rings. The summed E-state index contributed by atoms with van der Waals surface area (Å²) in [6.45, 7) is 0.856. The minimum atomic E-state index is 0.194. The summed E-state index contributed by atoms with van der Waals surface area (Å²) in [5.74, 6) is 0. The predicted molar refractivity (Wildman–Crippen MR) is 84.2 cm³/mol. The maximum Gasteiger partial charge on any atom is 0.210 e.